The summed E-state index contributed by atoms with van der Waals surface area (Å²) in [6.45, 7) is 9.48. The molecule has 0 saturated carbocycles. The van der Waals surface area contributed by atoms with Gasteiger partial charge < -0.3 is 9.80 Å². The number of nitrogens with zero attached hydrogens (tertiary/aromatic N) is 2. The number of para-hydroxylation sites is 2. The van der Waals surface area contributed by atoms with Crippen molar-refractivity contribution in [1.29, 1.82) is 0 Å². The van der Waals surface area contributed by atoms with E-state index in [0.29, 0.717) is 0 Å². The highest BCUT2D eigenvalue weighted by Crippen LogP contribution is 2.58. The third-order valence-electron chi connectivity index (χ3n) is 15.1. The zero-order valence-electron chi connectivity index (χ0n) is 32.9. The summed E-state index contributed by atoms with van der Waals surface area (Å²) in [6.07, 6.45) is 0. The molecule has 7 heterocycles. The average Bonchev–Trinajstić information content (AvgIpc) is 3.74. The van der Waals surface area contributed by atoms with E-state index in [1.165, 1.54) is 144 Å². The summed E-state index contributed by atoms with van der Waals surface area (Å²) < 4.78 is 0. The molecule has 264 valence electrons. The molecular formula is C52H34B4N2. The predicted molar refractivity (Wildman–Crippen MR) is 251 cm³/mol. The number of hydrogen-bond acceptors (Lipinski definition) is 2. The quantitative estimate of drug-likeness (QED) is 0.252. The lowest BCUT2D eigenvalue weighted by Gasteiger charge is -2.54. The van der Waals surface area contributed by atoms with Crippen LogP contribution in [-0.4, -0.2) is 26.9 Å². The maximum atomic E-state index is 2.81. The second kappa shape index (κ2) is 10.0. The summed E-state index contributed by atoms with van der Waals surface area (Å²) in [7, 11) is 0. The Balaban J connectivity index is 1.18. The van der Waals surface area contributed by atoms with Crippen molar-refractivity contribution in [2.45, 2.75) is 27.7 Å². The fourth-order valence-electron chi connectivity index (χ4n) is 12.9. The Kier molecular flexibility index (Phi) is 5.30. The van der Waals surface area contributed by atoms with Gasteiger partial charge in [0.25, 0.3) is 0 Å². The van der Waals surface area contributed by atoms with Gasteiger partial charge in [0.15, 0.2) is 0 Å². The molecule has 0 saturated heterocycles. The molecular weight excluding hydrogens is 696 g/mol. The SMILES string of the molecule is Cc1ccc(B2c3cccc4c3N3c5c2cc2c6c5N5c7c(cccc7B6c6ccc(C)cc6-2)B(c2ccc(C)cc2)c2cc6c(c3c25)B4c2ccc(C)cc2-6)cc1. The van der Waals surface area contributed by atoms with Crippen molar-refractivity contribution in [2.75, 3.05) is 9.80 Å². The van der Waals surface area contributed by atoms with Gasteiger partial charge in [0, 0.05) is 11.4 Å². The Hall–Kier alpha value is -6.38. The van der Waals surface area contributed by atoms with Crippen LogP contribution in [0, 0.1) is 27.7 Å². The van der Waals surface area contributed by atoms with Gasteiger partial charge in [0.1, 0.15) is 0 Å². The molecule has 8 aromatic carbocycles. The molecule has 15 rings (SSSR count). The Bertz CT molecular complexity index is 3090. The minimum absolute atomic E-state index is 0.0991. The van der Waals surface area contributed by atoms with Crippen LogP contribution in [0.25, 0.3) is 22.3 Å². The normalized spacial score (nSPS) is 15.0. The summed E-state index contributed by atoms with van der Waals surface area (Å²) in [4.78, 5) is 5.61. The minimum atomic E-state index is 0.0991. The zero-order chi connectivity index (χ0) is 38.0. The zero-order valence-corrected chi connectivity index (χ0v) is 32.9. The van der Waals surface area contributed by atoms with E-state index in [1.807, 2.05) is 0 Å². The lowest BCUT2D eigenvalue weighted by Crippen LogP contribution is -2.69. The van der Waals surface area contributed by atoms with E-state index >= 15 is 0 Å². The smallest absolute Gasteiger partial charge is 0.248 e. The Labute approximate surface area is 340 Å². The number of rotatable bonds is 2. The van der Waals surface area contributed by atoms with Gasteiger partial charge in [-0.25, -0.2) is 0 Å². The van der Waals surface area contributed by atoms with E-state index < -0.39 is 0 Å². The highest BCUT2D eigenvalue weighted by atomic mass is 15.3. The molecule has 0 bridgehead atoms. The number of anilines is 6. The van der Waals surface area contributed by atoms with Crippen LogP contribution in [-0.2, 0) is 0 Å². The summed E-state index contributed by atoms with van der Waals surface area (Å²) in [5, 5.41) is 0. The second-order valence-electron chi connectivity index (χ2n) is 18.2. The van der Waals surface area contributed by atoms with E-state index in [2.05, 4.69) is 171 Å². The fraction of sp³-hybridized carbons (Fsp3) is 0.0769. The van der Waals surface area contributed by atoms with Gasteiger partial charge in [-0.3, -0.25) is 0 Å². The van der Waals surface area contributed by atoms with Crippen LogP contribution in [0.2, 0.25) is 0 Å². The molecule has 58 heavy (non-hydrogen) atoms. The van der Waals surface area contributed by atoms with Crippen LogP contribution in [0.1, 0.15) is 22.3 Å². The van der Waals surface area contributed by atoms with E-state index in [9.17, 15) is 0 Å². The molecule has 0 atom stereocenters. The first-order chi connectivity index (χ1) is 28.4. The van der Waals surface area contributed by atoms with Crippen LogP contribution in [0.5, 0.6) is 0 Å². The molecule has 7 aliphatic heterocycles. The monoisotopic (exact) mass is 730 g/mol. The molecule has 0 amide bonds. The molecule has 0 unspecified atom stereocenters. The molecule has 0 N–H and O–H groups in total. The standard InChI is InChI=1S/C52H34B4N2/c1-27-11-17-31(18-12-27)53-39-7-5-9-41-47(39)57-49-43(53)25-35-33-23-29(3)15-21-37(33)56-42-10-6-8-40-48(42)58(51(49)45(35)56)50-44(54(40)32-19-13-28(2)14-20-32)26-36-34-24-30(4)16-22-38(34)55(41)46(36)52(50)57/h5-26H,1-4H3. The van der Waals surface area contributed by atoms with E-state index in [1.54, 1.807) is 0 Å². The summed E-state index contributed by atoms with van der Waals surface area (Å²) in [6, 6.07) is 53.2. The lowest BCUT2D eigenvalue weighted by molar-refractivity contribution is 1.19. The average molecular weight is 730 g/mol. The van der Waals surface area contributed by atoms with Crippen LogP contribution in [0.4, 0.5) is 34.1 Å². The highest BCUT2D eigenvalue weighted by molar-refractivity contribution is 7.07. The van der Waals surface area contributed by atoms with Gasteiger partial charge in [-0.05, 0) is 93.7 Å². The van der Waals surface area contributed by atoms with Gasteiger partial charge in [0.05, 0.1) is 22.7 Å². The molecule has 6 heteroatoms. The summed E-state index contributed by atoms with van der Waals surface area (Å²) in [5.41, 5.74) is 36.4. The molecule has 7 aliphatic rings. The van der Waals surface area contributed by atoms with E-state index in [-0.39, 0.29) is 26.9 Å². The topological polar surface area (TPSA) is 6.48 Å². The molecule has 0 aliphatic carbocycles. The molecule has 0 spiro atoms. The van der Waals surface area contributed by atoms with Crippen molar-refractivity contribution in [1.82, 2.24) is 0 Å². The fourth-order valence-corrected chi connectivity index (χ4v) is 12.9. The van der Waals surface area contributed by atoms with Crippen molar-refractivity contribution in [3.8, 4) is 22.3 Å². The molecule has 0 aromatic heterocycles. The lowest BCUT2D eigenvalue weighted by atomic mass is 9.28. The summed E-state index contributed by atoms with van der Waals surface area (Å²) in [5.74, 6) is 0. The maximum absolute atomic E-state index is 2.81. The first-order valence-electron chi connectivity index (χ1n) is 21.1. The molecule has 0 radical (unpaired) electrons. The first kappa shape index (κ1) is 30.7. The largest absolute Gasteiger partial charge is 0.308 e. The second-order valence-corrected chi connectivity index (χ2v) is 18.2. The van der Waals surface area contributed by atoms with Gasteiger partial charge >= 0.3 is 0 Å². The van der Waals surface area contributed by atoms with Crippen LogP contribution in [0.15, 0.2) is 133 Å². The van der Waals surface area contributed by atoms with Crippen molar-refractivity contribution >= 4 is 127 Å². The number of benzene rings is 8. The summed E-state index contributed by atoms with van der Waals surface area (Å²) >= 11 is 0. The predicted octanol–water partition coefficient (Wildman–Crippen LogP) is 3.45. The van der Waals surface area contributed by atoms with Crippen molar-refractivity contribution < 1.29 is 0 Å². The maximum Gasteiger partial charge on any atom is 0.248 e. The number of hydrogen-bond donors (Lipinski definition) is 0. The Morgan fingerprint density at radius 1 is 0.293 bits per heavy atom. The highest BCUT2D eigenvalue weighted by Gasteiger charge is 2.58. The molecule has 0 fully saturated rings. The van der Waals surface area contributed by atoms with Gasteiger partial charge in [-0.2, -0.15) is 0 Å². The Morgan fingerprint density at radius 2 is 0.672 bits per heavy atom. The van der Waals surface area contributed by atoms with Crippen molar-refractivity contribution in [3.63, 3.8) is 0 Å². The molecule has 2 nitrogen and oxygen atoms in total. The van der Waals surface area contributed by atoms with Crippen LogP contribution >= 0.6 is 0 Å². The molecule has 8 aromatic rings. The van der Waals surface area contributed by atoms with Crippen molar-refractivity contribution in [3.05, 3.63) is 156 Å². The Morgan fingerprint density at radius 3 is 1.09 bits per heavy atom. The third-order valence-corrected chi connectivity index (χ3v) is 15.1. The van der Waals surface area contributed by atoms with Gasteiger partial charge in [-0.1, -0.05) is 178 Å². The van der Waals surface area contributed by atoms with Gasteiger partial charge in [0.2, 0.25) is 26.9 Å². The van der Waals surface area contributed by atoms with E-state index in [0.717, 1.165) is 0 Å². The number of fused-ring (bicyclic) bond motifs is 8. The first-order valence-corrected chi connectivity index (χ1v) is 21.1. The number of aryl methyl sites for hydroxylation is 4. The third kappa shape index (κ3) is 3.33. The van der Waals surface area contributed by atoms with Crippen LogP contribution < -0.4 is 75.4 Å². The van der Waals surface area contributed by atoms with Gasteiger partial charge in [-0.15, -0.1) is 0 Å². The van der Waals surface area contributed by atoms with E-state index in [4.69, 9.17) is 0 Å². The van der Waals surface area contributed by atoms with Crippen molar-refractivity contribution in [2.24, 2.45) is 0 Å². The van der Waals surface area contributed by atoms with Crippen LogP contribution in [0.3, 0.4) is 0 Å². The minimum Gasteiger partial charge on any atom is -0.308 e.